The molecule has 1 aliphatic rings. The van der Waals surface area contributed by atoms with Gasteiger partial charge in [0.25, 0.3) is 11.6 Å². The van der Waals surface area contributed by atoms with Gasteiger partial charge in [-0.15, -0.1) is 0 Å². The number of anilines is 1. The van der Waals surface area contributed by atoms with E-state index >= 15 is 0 Å². The third-order valence-electron chi connectivity index (χ3n) is 5.16. The van der Waals surface area contributed by atoms with E-state index in [2.05, 4.69) is 15.5 Å². The van der Waals surface area contributed by atoms with E-state index in [4.69, 9.17) is 9.26 Å². The summed E-state index contributed by atoms with van der Waals surface area (Å²) in [4.78, 5) is 17.8. The smallest absolute Gasteiger partial charge is 0.259 e. The maximum Gasteiger partial charge on any atom is 0.259 e. The molecule has 1 amide bonds. The molecule has 0 spiro atoms. The van der Waals surface area contributed by atoms with E-state index in [-0.39, 0.29) is 11.7 Å². The quantitative estimate of drug-likeness (QED) is 0.498. The molecule has 150 valence electrons. The molecule has 1 saturated carbocycles. The standard InChI is InChI=1S/C23H18FN3O3/c1-29-19-10-9-15(11-17(19)24)25-22(28)16-12-18(13-7-8-13)26-23-20(16)21(27-30-23)14-5-3-2-4-6-14/h2-6,9-13H,7-8H2,1H3,(H,25,28). The van der Waals surface area contributed by atoms with E-state index in [0.29, 0.717) is 34.0 Å². The monoisotopic (exact) mass is 403 g/mol. The van der Waals surface area contributed by atoms with Crippen molar-refractivity contribution in [2.24, 2.45) is 0 Å². The highest BCUT2D eigenvalue weighted by atomic mass is 19.1. The molecule has 2 heterocycles. The number of benzene rings is 2. The van der Waals surface area contributed by atoms with Gasteiger partial charge in [0.05, 0.1) is 18.1 Å². The van der Waals surface area contributed by atoms with E-state index in [1.807, 2.05) is 30.3 Å². The zero-order valence-electron chi connectivity index (χ0n) is 16.2. The second-order valence-electron chi connectivity index (χ2n) is 7.25. The maximum atomic E-state index is 14.1. The predicted octanol–water partition coefficient (Wildman–Crippen LogP) is 5.17. The van der Waals surface area contributed by atoms with Gasteiger partial charge >= 0.3 is 0 Å². The summed E-state index contributed by atoms with van der Waals surface area (Å²) in [5, 5.41) is 7.48. The molecule has 1 fully saturated rings. The molecule has 4 aromatic rings. The Hall–Kier alpha value is -3.74. The van der Waals surface area contributed by atoms with Crippen LogP contribution in [0, 0.1) is 5.82 Å². The van der Waals surface area contributed by atoms with Gasteiger partial charge in [-0.05, 0) is 31.0 Å². The molecular formula is C23H18FN3O3. The van der Waals surface area contributed by atoms with Gasteiger partial charge in [0.1, 0.15) is 5.69 Å². The fourth-order valence-corrected chi connectivity index (χ4v) is 3.47. The molecule has 1 N–H and O–H groups in total. The topological polar surface area (TPSA) is 77.2 Å². The molecule has 7 heteroatoms. The average molecular weight is 403 g/mol. The van der Waals surface area contributed by atoms with Crippen LogP contribution >= 0.6 is 0 Å². The van der Waals surface area contributed by atoms with Crippen LogP contribution < -0.4 is 10.1 Å². The number of nitrogens with one attached hydrogen (secondary N) is 1. The first-order valence-electron chi connectivity index (χ1n) is 9.64. The van der Waals surface area contributed by atoms with Crippen LogP contribution in [0.25, 0.3) is 22.4 Å². The van der Waals surface area contributed by atoms with Crippen LogP contribution in [-0.4, -0.2) is 23.2 Å². The molecule has 2 aromatic heterocycles. The van der Waals surface area contributed by atoms with Gasteiger partial charge in [0.15, 0.2) is 11.6 Å². The van der Waals surface area contributed by atoms with Gasteiger partial charge in [-0.1, -0.05) is 35.5 Å². The summed E-state index contributed by atoms with van der Waals surface area (Å²) in [5.41, 5.74) is 3.23. The van der Waals surface area contributed by atoms with Crippen molar-refractivity contribution in [3.05, 3.63) is 71.7 Å². The lowest BCUT2D eigenvalue weighted by molar-refractivity contribution is 0.102. The number of carbonyl (C=O) groups is 1. The number of rotatable bonds is 5. The fraction of sp³-hybridized carbons (Fsp3) is 0.174. The summed E-state index contributed by atoms with van der Waals surface area (Å²) in [6.45, 7) is 0. The van der Waals surface area contributed by atoms with E-state index in [1.54, 1.807) is 12.1 Å². The zero-order valence-corrected chi connectivity index (χ0v) is 16.2. The van der Waals surface area contributed by atoms with Gasteiger partial charge in [-0.25, -0.2) is 9.37 Å². The number of amides is 1. The number of hydrogen-bond donors (Lipinski definition) is 1. The van der Waals surface area contributed by atoms with Crippen LogP contribution in [0.4, 0.5) is 10.1 Å². The van der Waals surface area contributed by atoms with E-state index in [9.17, 15) is 9.18 Å². The Kier molecular flexibility index (Phi) is 4.43. The lowest BCUT2D eigenvalue weighted by Gasteiger charge is -2.10. The van der Waals surface area contributed by atoms with Crippen LogP contribution in [-0.2, 0) is 0 Å². The number of hydrogen-bond acceptors (Lipinski definition) is 5. The van der Waals surface area contributed by atoms with Gasteiger partial charge in [-0.2, -0.15) is 0 Å². The van der Waals surface area contributed by atoms with Crippen LogP contribution in [0.1, 0.15) is 34.8 Å². The Bertz CT molecular complexity index is 1250. The highest BCUT2D eigenvalue weighted by Gasteiger charge is 2.29. The Morgan fingerprint density at radius 3 is 2.67 bits per heavy atom. The minimum atomic E-state index is -0.552. The molecule has 1 aliphatic carbocycles. The fourth-order valence-electron chi connectivity index (χ4n) is 3.47. The normalized spacial score (nSPS) is 13.4. The summed E-state index contributed by atoms with van der Waals surface area (Å²) in [5.74, 6) is -0.497. The van der Waals surface area contributed by atoms with Crippen molar-refractivity contribution in [3.8, 4) is 17.0 Å². The second kappa shape index (κ2) is 7.26. The number of halogens is 1. The van der Waals surface area contributed by atoms with Crippen LogP contribution in [0.2, 0.25) is 0 Å². The molecule has 0 atom stereocenters. The Morgan fingerprint density at radius 2 is 1.97 bits per heavy atom. The molecule has 2 aromatic carbocycles. The van der Waals surface area contributed by atoms with Crippen molar-refractivity contribution in [3.63, 3.8) is 0 Å². The molecule has 0 bridgehead atoms. The van der Waals surface area contributed by atoms with Crippen molar-refractivity contribution in [2.75, 3.05) is 12.4 Å². The van der Waals surface area contributed by atoms with Gasteiger partial charge in [0, 0.05) is 28.9 Å². The minimum Gasteiger partial charge on any atom is -0.494 e. The molecule has 5 rings (SSSR count). The highest BCUT2D eigenvalue weighted by Crippen LogP contribution is 2.41. The lowest BCUT2D eigenvalue weighted by atomic mass is 10.0. The van der Waals surface area contributed by atoms with Crippen LogP contribution in [0.3, 0.4) is 0 Å². The zero-order chi connectivity index (χ0) is 20.7. The summed E-state index contributed by atoms with van der Waals surface area (Å²) in [6, 6.07) is 15.6. The van der Waals surface area contributed by atoms with E-state index in [1.165, 1.54) is 19.2 Å². The SMILES string of the molecule is COc1ccc(NC(=O)c2cc(C3CC3)nc3onc(-c4ccccc4)c23)cc1F. The minimum absolute atomic E-state index is 0.112. The largest absolute Gasteiger partial charge is 0.494 e. The summed E-state index contributed by atoms with van der Waals surface area (Å²) >= 11 is 0. The van der Waals surface area contributed by atoms with Crippen molar-refractivity contribution in [2.45, 2.75) is 18.8 Å². The molecule has 0 saturated heterocycles. The highest BCUT2D eigenvalue weighted by molar-refractivity contribution is 6.14. The number of pyridine rings is 1. The number of nitrogens with zero attached hydrogens (tertiary/aromatic N) is 2. The Morgan fingerprint density at radius 1 is 1.17 bits per heavy atom. The third-order valence-corrected chi connectivity index (χ3v) is 5.16. The molecular weight excluding hydrogens is 385 g/mol. The van der Waals surface area contributed by atoms with Gasteiger partial charge in [-0.3, -0.25) is 4.79 Å². The van der Waals surface area contributed by atoms with Crippen molar-refractivity contribution < 1.29 is 18.4 Å². The van der Waals surface area contributed by atoms with Crippen molar-refractivity contribution in [1.29, 1.82) is 0 Å². The maximum absolute atomic E-state index is 14.1. The van der Waals surface area contributed by atoms with Crippen LogP contribution in [0.5, 0.6) is 5.75 Å². The van der Waals surface area contributed by atoms with Gasteiger partial charge < -0.3 is 14.6 Å². The van der Waals surface area contributed by atoms with Crippen LogP contribution in [0.15, 0.2) is 59.1 Å². The van der Waals surface area contributed by atoms with E-state index in [0.717, 1.165) is 24.1 Å². The molecule has 0 aliphatic heterocycles. The molecule has 0 radical (unpaired) electrons. The lowest BCUT2D eigenvalue weighted by Crippen LogP contribution is -2.13. The summed E-state index contributed by atoms with van der Waals surface area (Å²) < 4.78 is 24.5. The first-order chi connectivity index (χ1) is 14.6. The third kappa shape index (κ3) is 3.28. The second-order valence-corrected chi connectivity index (χ2v) is 7.25. The average Bonchev–Trinajstić information content (AvgIpc) is 3.53. The molecule has 30 heavy (non-hydrogen) atoms. The first-order valence-corrected chi connectivity index (χ1v) is 9.64. The van der Waals surface area contributed by atoms with E-state index < -0.39 is 5.82 Å². The summed E-state index contributed by atoms with van der Waals surface area (Å²) in [6.07, 6.45) is 2.06. The number of fused-ring (bicyclic) bond motifs is 1. The number of aromatic nitrogens is 2. The van der Waals surface area contributed by atoms with Crippen molar-refractivity contribution >= 4 is 22.7 Å². The summed E-state index contributed by atoms with van der Waals surface area (Å²) in [7, 11) is 1.39. The first kappa shape index (κ1) is 18.3. The van der Waals surface area contributed by atoms with Gasteiger partial charge in [0.2, 0.25) is 0 Å². The predicted molar refractivity (Wildman–Crippen MR) is 110 cm³/mol. The number of ether oxygens (including phenoxy) is 1. The number of methoxy groups -OCH3 is 1. The Balaban J connectivity index is 1.60. The Labute approximate surface area is 171 Å². The number of carbonyl (C=O) groups excluding carboxylic acids is 1. The molecule has 6 nitrogen and oxygen atoms in total. The molecule has 0 unspecified atom stereocenters. The van der Waals surface area contributed by atoms with Crippen molar-refractivity contribution in [1.82, 2.24) is 10.1 Å².